The highest BCUT2D eigenvalue weighted by Crippen LogP contribution is 2.22. The topological polar surface area (TPSA) is 72.5 Å². The molecule has 5 nitrogen and oxygen atoms in total. The fourth-order valence-corrected chi connectivity index (χ4v) is 3.68. The first-order valence-corrected chi connectivity index (χ1v) is 9.85. The van der Waals surface area contributed by atoms with Gasteiger partial charge in [-0.05, 0) is 55.2 Å². The van der Waals surface area contributed by atoms with Crippen molar-refractivity contribution in [1.82, 2.24) is 10.3 Å². The van der Waals surface area contributed by atoms with Crippen molar-refractivity contribution < 1.29 is 4.74 Å². The Bertz CT molecular complexity index is 666. The average molecular weight is 359 g/mol. The van der Waals surface area contributed by atoms with Crippen LogP contribution in [0.15, 0.2) is 40.8 Å². The van der Waals surface area contributed by atoms with Gasteiger partial charge in [-0.15, -0.1) is 11.3 Å². The van der Waals surface area contributed by atoms with Crippen LogP contribution in [-0.4, -0.2) is 23.6 Å². The van der Waals surface area contributed by atoms with Gasteiger partial charge in [-0.25, -0.2) is 9.98 Å². The van der Waals surface area contributed by atoms with Crippen LogP contribution in [-0.2, 0) is 13.0 Å². The van der Waals surface area contributed by atoms with Crippen LogP contribution >= 0.6 is 11.3 Å². The monoisotopic (exact) mass is 358 g/mol. The fourth-order valence-electron chi connectivity index (χ4n) is 2.97. The summed E-state index contributed by atoms with van der Waals surface area (Å²) in [5.41, 5.74) is 7.00. The molecule has 1 saturated carbocycles. The van der Waals surface area contributed by atoms with Crippen molar-refractivity contribution in [1.29, 1.82) is 0 Å². The van der Waals surface area contributed by atoms with E-state index in [2.05, 4.69) is 32.8 Å². The number of ether oxygens (including phenoxy) is 1. The summed E-state index contributed by atoms with van der Waals surface area (Å²) in [6, 6.07) is 8.12. The van der Waals surface area contributed by atoms with Crippen molar-refractivity contribution >= 4 is 17.3 Å². The molecule has 0 bridgehead atoms. The molecule has 0 atom stereocenters. The summed E-state index contributed by atoms with van der Waals surface area (Å²) in [7, 11) is 0. The molecule has 3 rings (SSSR count). The van der Waals surface area contributed by atoms with Crippen LogP contribution < -0.4 is 15.8 Å². The van der Waals surface area contributed by atoms with E-state index in [1.807, 2.05) is 12.1 Å². The Hall–Kier alpha value is -2.08. The molecule has 1 aliphatic carbocycles. The molecular formula is C19H26N4OS. The van der Waals surface area contributed by atoms with Crippen LogP contribution in [0.1, 0.15) is 42.5 Å². The first-order valence-electron chi connectivity index (χ1n) is 8.97. The van der Waals surface area contributed by atoms with Crippen molar-refractivity contribution in [2.75, 3.05) is 6.54 Å². The summed E-state index contributed by atoms with van der Waals surface area (Å²) < 4.78 is 6.00. The fraction of sp³-hybridized carbons (Fsp3) is 0.474. The van der Waals surface area contributed by atoms with Gasteiger partial charge in [0.1, 0.15) is 6.10 Å². The average Bonchev–Trinajstić information content (AvgIpc) is 3.15. The molecule has 0 unspecified atom stereocenters. The van der Waals surface area contributed by atoms with Gasteiger partial charge < -0.3 is 15.8 Å². The highest BCUT2D eigenvalue weighted by Gasteiger charge is 2.15. The largest absolute Gasteiger partial charge is 0.474 e. The number of pyridine rings is 1. The Morgan fingerprint density at radius 1 is 1.32 bits per heavy atom. The van der Waals surface area contributed by atoms with Gasteiger partial charge in [0.2, 0.25) is 5.88 Å². The summed E-state index contributed by atoms with van der Waals surface area (Å²) in [5.74, 6) is 1.17. The third kappa shape index (κ3) is 6.05. The molecule has 25 heavy (non-hydrogen) atoms. The van der Waals surface area contributed by atoms with Crippen LogP contribution in [0.5, 0.6) is 5.88 Å². The molecule has 3 N–H and O–H groups in total. The maximum Gasteiger partial charge on any atom is 0.213 e. The number of hydrogen-bond donors (Lipinski definition) is 2. The standard InChI is InChI=1S/C19H26N4OS/c20-19(22-11-9-17-7-4-12-25-17)23-14-15-8-10-21-18(13-15)24-16-5-2-1-3-6-16/h4,7-8,10,12-13,16H,1-3,5-6,9,11,14H2,(H3,20,22,23). The highest BCUT2D eigenvalue weighted by atomic mass is 32.1. The van der Waals surface area contributed by atoms with Crippen LogP contribution in [0, 0.1) is 0 Å². The third-order valence-corrected chi connectivity index (χ3v) is 5.26. The van der Waals surface area contributed by atoms with Gasteiger partial charge in [0, 0.05) is 23.7 Å². The molecule has 0 spiro atoms. The molecule has 0 amide bonds. The Morgan fingerprint density at radius 2 is 2.20 bits per heavy atom. The van der Waals surface area contributed by atoms with Crippen LogP contribution in [0.25, 0.3) is 0 Å². The summed E-state index contributed by atoms with van der Waals surface area (Å²) >= 11 is 1.76. The van der Waals surface area contributed by atoms with E-state index in [1.165, 1.54) is 24.1 Å². The first kappa shape index (κ1) is 17.7. The van der Waals surface area contributed by atoms with E-state index in [-0.39, 0.29) is 0 Å². The molecule has 1 aliphatic rings. The van der Waals surface area contributed by atoms with Crippen LogP contribution in [0.2, 0.25) is 0 Å². The zero-order valence-corrected chi connectivity index (χ0v) is 15.3. The number of hydrogen-bond acceptors (Lipinski definition) is 4. The van der Waals surface area contributed by atoms with E-state index in [0.29, 0.717) is 24.5 Å². The van der Waals surface area contributed by atoms with Gasteiger partial charge in [-0.1, -0.05) is 12.5 Å². The van der Waals surface area contributed by atoms with E-state index in [4.69, 9.17) is 10.5 Å². The highest BCUT2D eigenvalue weighted by molar-refractivity contribution is 7.09. The second kappa shape index (κ2) is 9.42. The number of nitrogens with zero attached hydrogens (tertiary/aromatic N) is 2. The summed E-state index contributed by atoms with van der Waals surface area (Å²) in [5, 5.41) is 5.25. The molecule has 0 saturated heterocycles. The smallest absolute Gasteiger partial charge is 0.213 e. The van der Waals surface area contributed by atoms with Gasteiger partial charge in [-0.3, -0.25) is 0 Å². The predicted molar refractivity (Wildman–Crippen MR) is 103 cm³/mol. The predicted octanol–water partition coefficient (Wildman–Crippen LogP) is 3.50. The number of nitrogens with two attached hydrogens (primary N) is 1. The quantitative estimate of drug-likeness (QED) is 0.587. The molecule has 1 fully saturated rings. The van der Waals surface area contributed by atoms with Crippen LogP contribution in [0.3, 0.4) is 0 Å². The molecule has 2 heterocycles. The van der Waals surface area contributed by atoms with E-state index in [1.54, 1.807) is 17.5 Å². The lowest BCUT2D eigenvalue weighted by molar-refractivity contribution is 0.148. The van der Waals surface area contributed by atoms with Crippen LogP contribution in [0.4, 0.5) is 0 Å². The Labute approximate surface area is 153 Å². The van der Waals surface area contributed by atoms with Crippen molar-refractivity contribution in [3.8, 4) is 5.88 Å². The number of thiophene rings is 1. The van der Waals surface area contributed by atoms with E-state index in [0.717, 1.165) is 31.4 Å². The van der Waals surface area contributed by atoms with Gasteiger partial charge in [-0.2, -0.15) is 0 Å². The summed E-state index contributed by atoms with van der Waals surface area (Å²) in [6.07, 6.45) is 9.14. The molecule has 0 aromatic carbocycles. The SMILES string of the molecule is NC(=NCc1ccnc(OC2CCCCC2)c1)NCCc1cccs1. The van der Waals surface area contributed by atoms with Crippen molar-refractivity contribution in [3.05, 3.63) is 46.3 Å². The molecule has 134 valence electrons. The van der Waals surface area contributed by atoms with Gasteiger partial charge >= 0.3 is 0 Å². The van der Waals surface area contributed by atoms with Crippen molar-refractivity contribution in [2.45, 2.75) is 51.2 Å². The second-order valence-electron chi connectivity index (χ2n) is 6.34. The lowest BCUT2D eigenvalue weighted by Crippen LogP contribution is -2.33. The Morgan fingerprint density at radius 3 is 3.00 bits per heavy atom. The lowest BCUT2D eigenvalue weighted by Gasteiger charge is -2.22. The van der Waals surface area contributed by atoms with Gasteiger partial charge in [0.25, 0.3) is 0 Å². The normalized spacial score (nSPS) is 15.9. The lowest BCUT2D eigenvalue weighted by atomic mass is 9.98. The minimum Gasteiger partial charge on any atom is -0.474 e. The molecule has 2 aromatic heterocycles. The minimum absolute atomic E-state index is 0.309. The Balaban J connectivity index is 1.45. The molecule has 2 aromatic rings. The number of guanidine groups is 1. The summed E-state index contributed by atoms with van der Waals surface area (Å²) in [6.45, 7) is 1.32. The number of rotatable bonds is 7. The molecule has 0 radical (unpaired) electrons. The number of aliphatic imine (C=N–C) groups is 1. The Kier molecular flexibility index (Phi) is 6.68. The van der Waals surface area contributed by atoms with Crippen molar-refractivity contribution in [3.63, 3.8) is 0 Å². The number of aromatic nitrogens is 1. The first-order chi connectivity index (χ1) is 12.3. The maximum atomic E-state index is 6.00. The zero-order valence-electron chi connectivity index (χ0n) is 14.5. The van der Waals surface area contributed by atoms with Gasteiger partial charge in [0.05, 0.1) is 6.54 Å². The second-order valence-corrected chi connectivity index (χ2v) is 7.37. The molecule has 6 heteroatoms. The van der Waals surface area contributed by atoms with E-state index >= 15 is 0 Å². The molecular weight excluding hydrogens is 332 g/mol. The summed E-state index contributed by atoms with van der Waals surface area (Å²) in [4.78, 5) is 10.1. The molecule has 0 aliphatic heterocycles. The van der Waals surface area contributed by atoms with E-state index in [9.17, 15) is 0 Å². The maximum absolute atomic E-state index is 6.00. The third-order valence-electron chi connectivity index (χ3n) is 4.33. The van der Waals surface area contributed by atoms with Gasteiger partial charge in [0.15, 0.2) is 5.96 Å². The zero-order chi connectivity index (χ0) is 17.3. The van der Waals surface area contributed by atoms with Crippen molar-refractivity contribution in [2.24, 2.45) is 10.7 Å². The van der Waals surface area contributed by atoms with E-state index < -0.39 is 0 Å². The minimum atomic E-state index is 0.309. The number of nitrogens with one attached hydrogen (secondary N) is 1.